The number of nitrogens with two attached hydrogens (primary N) is 1. The summed E-state index contributed by atoms with van der Waals surface area (Å²) in [4.78, 5) is 8.38. The van der Waals surface area contributed by atoms with E-state index < -0.39 is 0 Å². The maximum atomic E-state index is 5.43. The van der Waals surface area contributed by atoms with Crippen molar-refractivity contribution in [3.8, 4) is 0 Å². The topological polar surface area (TPSA) is 75.9 Å². The molecule has 0 atom stereocenters. The third-order valence-electron chi connectivity index (χ3n) is 2.75. The summed E-state index contributed by atoms with van der Waals surface area (Å²) in [6.45, 7) is 3.02. The number of unbranched alkanes of at least 4 members (excludes halogenated alkanes) is 2. The van der Waals surface area contributed by atoms with Gasteiger partial charge in [0.05, 0.1) is 0 Å². The Labute approximate surface area is 113 Å². The summed E-state index contributed by atoms with van der Waals surface area (Å²) in [5, 5.41) is 3.36. The van der Waals surface area contributed by atoms with Crippen LogP contribution in [0.25, 0.3) is 0 Å². The number of rotatable bonds is 9. The van der Waals surface area contributed by atoms with Crippen molar-refractivity contribution >= 4 is 23.4 Å². The van der Waals surface area contributed by atoms with Gasteiger partial charge in [0.1, 0.15) is 18.0 Å². The zero-order valence-corrected chi connectivity index (χ0v) is 12.0. The van der Waals surface area contributed by atoms with Gasteiger partial charge in [-0.1, -0.05) is 13.3 Å². The summed E-state index contributed by atoms with van der Waals surface area (Å²) in [5.41, 5.74) is 3.66. The van der Waals surface area contributed by atoms with E-state index in [9.17, 15) is 0 Å². The fourth-order valence-electron chi connectivity index (χ4n) is 1.78. The molecule has 4 N–H and O–H groups in total. The molecule has 0 aliphatic heterocycles. The minimum atomic E-state index is 0.706. The van der Waals surface area contributed by atoms with Crippen molar-refractivity contribution in [2.75, 3.05) is 29.3 Å². The van der Waals surface area contributed by atoms with Crippen LogP contribution in [0, 0.1) is 0 Å². The summed E-state index contributed by atoms with van der Waals surface area (Å²) in [6.07, 6.45) is 8.23. The van der Waals surface area contributed by atoms with Crippen molar-refractivity contribution in [1.29, 1.82) is 0 Å². The molecule has 0 fully saturated rings. The van der Waals surface area contributed by atoms with Crippen LogP contribution in [-0.4, -0.2) is 28.5 Å². The van der Waals surface area contributed by atoms with Gasteiger partial charge in [-0.2, -0.15) is 11.8 Å². The second-order valence-electron chi connectivity index (χ2n) is 4.03. The molecular formula is C12H23N5S. The van der Waals surface area contributed by atoms with Crippen LogP contribution < -0.4 is 16.6 Å². The highest BCUT2D eigenvalue weighted by Crippen LogP contribution is 2.19. The third-order valence-corrected chi connectivity index (χ3v) is 3.45. The van der Waals surface area contributed by atoms with Crippen LogP contribution >= 0.6 is 11.8 Å². The highest BCUT2D eigenvalue weighted by molar-refractivity contribution is 7.98. The molecule has 0 saturated carbocycles. The number of nitrogens with one attached hydrogen (secondary N) is 2. The average Bonchev–Trinajstić information content (AvgIpc) is 2.42. The lowest BCUT2D eigenvalue weighted by Crippen LogP contribution is -2.14. The fraction of sp³-hybridized carbons (Fsp3) is 0.667. The molecule has 0 spiro atoms. The summed E-state index contributed by atoms with van der Waals surface area (Å²) in [7, 11) is 0. The summed E-state index contributed by atoms with van der Waals surface area (Å²) < 4.78 is 0. The van der Waals surface area contributed by atoms with E-state index in [4.69, 9.17) is 5.84 Å². The SMILES string of the molecule is CCc1c(NN)ncnc1NCCCCCSC. The molecule has 102 valence electrons. The first kappa shape index (κ1) is 15.0. The Morgan fingerprint density at radius 3 is 2.67 bits per heavy atom. The van der Waals surface area contributed by atoms with Crippen LogP contribution in [-0.2, 0) is 6.42 Å². The van der Waals surface area contributed by atoms with E-state index in [2.05, 4.69) is 33.9 Å². The predicted octanol–water partition coefficient (Wildman–Crippen LogP) is 2.27. The van der Waals surface area contributed by atoms with Crippen LogP contribution in [0.15, 0.2) is 6.33 Å². The van der Waals surface area contributed by atoms with Crippen molar-refractivity contribution in [3.63, 3.8) is 0 Å². The molecule has 0 aliphatic rings. The minimum absolute atomic E-state index is 0.706. The van der Waals surface area contributed by atoms with Gasteiger partial charge in [0, 0.05) is 12.1 Å². The zero-order valence-electron chi connectivity index (χ0n) is 11.2. The second-order valence-corrected chi connectivity index (χ2v) is 5.01. The zero-order chi connectivity index (χ0) is 13.2. The van der Waals surface area contributed by atoms with E-state index in [-0.39, 0.29) is 0 Å². The number of hydrogen-bond acceptors (Lipinski definition) is 6. The largest absolute Gasteiger partial charge is 0.370 e. The number of nitrogen functional groups attached to an aromatic ring is 1. The van der Waals surface area contributed by atoms with Crippen molar-refractivity contribution in [2.24, 2.45) is 5.84 Å². The van der Waals surface area contributed by atoms with Crippen LogP contribution in [0.1, 0.15) is 31.7 Å². The second kappa shape index (κ2) is 8.99. The third kappa shape index (κ3) is 4.70. The van der Waals surface area contributed by atoms with E-state index in [1.165, 1.54) is 31.3 Å². The van der Waals surface area contributed by atoms with Gasteiger partial charge in [0.2, 0.25) is 0 Å². The number of thioether (sulfide) groups is 1. The molecule has 0 aromatic carbocycles. The number of nitrogens with zero attached hydrogens (tertiary/aromatic N) is 2. The van der Waals surface area contributed by atoms with Crippen molar-refractivity contribution in [3.05, 3.63) is 11.9 Å². The molecule has 18 heavy (non-hydrogen) atoms. The van der Waals surface area contributed by atoms with Gasteiger partial charge >= 0.3 is 0 Å². The first-order valence-electron chi connectivity index (χ1n) is 6.36. The molecule has 6 heteroatoms. The first-order valence-corrected chi connectivity index (χ1v) is 7.76. The Morgan fingerprint density at radius 1 is 1.22 bits per heavy atom. The quantitative estimate of drug-likeness (QED) is 0.363. The molecule has 1 rings (SSSR count). The van der Waals surface area contributed by atoms with Crippen LogP contribution in [0.5, 0.6) is 0 Å². The fourth-order valence-corrected chi connectivity index (χ4v) is 2.27. The Kier molecular flexibility index (Phi) is 7.52. The summed E-state index contributed by atoms with van der Waals surface area (Å²) in [5.74, 6) is 8.28. The molecule has 1 heterocycles. The Morgan fingerprint density at radius 2 is 2.00 bits per heavy atom. The van der Waals surface area contributed by atoms with Gasteiger partial charge in [-0.15, -0.1) is 0 Å². The van der Waals surface area contributed by atoms with Gasteiger partial charge in [-0.05, 0) is 31.3 Å². The molecule has 0 amide bonds. The molecule has 0 bridgehead atoms. The maximum absolute atomic E-state index is 5.43. The number of hydrogen-bond donors (Lipinski definition) is 3. The molecule has 0 unspecified atom stereocenters. The molecular weight excluding hydrogens is 246 g/mol. The smallest absolute Gasteiger partial charge is 0.148 e. The first-order chi connectivity index (χ1) is 8.83. The normalized spacial score (nSPS) is 10.4. The summed E-state index contributed by atoms with van der Waals surface area (Å²) >= 11 is 1.90. The van der Waals surface area contributed by atoms with Gasteiger partial charge < -0.3 is 10.7 Å². The predicted molar refractivity (Wildman–Crippen MR) is 79.9 cm³/mol. The Bertz CT molecular complexity index is 345. The Hall–Kier alpha value is -1.01. The molecule has 0 saturated heterocycles. The van der Waals surface area contributed by atoms with E-state index in [0.29, 0.717) is 5.82 Å². The van der Waals surface area contributed by atoms with E-state index in [1.807, 2.05) is 11.8 Å². The van der Waals surface area contributed by atoms with Gasteiger partial charge in [0.15, 0.2) is 0 Å². The molecule has 1 aromatic heterocycles. The Balaban J connectivity index is 2.41. The van der Waals surface area contributed by atoms with Crippen LogP contribution in [0.3, 0.4) is 0 Å². The minimum Gasteiger partial charge on any atom is -0.370 e. The number of hydrazine groups is 1. The molecule has 0 aliphatic carbocycles. The van der Waals surface area contributed by atoms with Gasteiger partial charge in [0.25, 0.3) is 0 Å². The van der Waals surface area contributed by atoms with E-state index in [1.54, 1.807) is 0 Å². The van der Waals surface area contributed by atoms with Crippen LogP contribution in [0.4, 0.5) is 11.6 Å². The van der Waals surface area contributed by atoms with Crippen molar-refractivity contribution < 1.29 is 0 Å². The van der Waals surface area contributed by atoms with Gasteiger partial charge in [-0.25, -0.2) is 15.8 Å². The van der Waals surface area contributed by atoms with Gasteiger partial charge in [-0.3, -0.25) is 0 Å². The lowest BCUT2D eigenvalue weighted by Gasteiger charge is -2.12. The van der Waals surface area contributed by atoms with E-state index >= 15 is 0 Å². The average molecular weight is 269 g/mol. The molecule has 1 aromatic rings. The number of anilines is 2. The standard InChI is InChI=1S/C12H23N5S/c1-3-10-11(15-9-16-12(10)17-13)14-7-5-4-6-8-18-2/h9H,3-8,13H2,1-2H3,(H2,14,15,16,17). The van der Waals surface area contributed by atoms with Crippen molar-refractivity contribution in [2.45, 2.75) is 32.6 Å². The summed E-state index contributed by atoms with van der Waals surface area (Å²) in [6, 6.07) is 0. The monoisotopic (exact) mass is 269 g/mol. The van der Waals surface area contributed by atoms with Crippen LogP contribution in [0.2, 0.25) is 0 Å². The molecule has 5 nitrogen and oxygen atoms in total. The lowest BCUT2D eigenvalue weighted by molar-refractivity contribution is 0.747. The molecule has 0 radical (unpaired) electrons. The van der Waals surface area contributed by atoms with Crippen molar-refractivity contribution in [1.82, 2.24) is 9.97 Å². The number of aromatic nitrogens is 2. The lowest BCUT2D eigenvalue weighted by atomic mass is 10.2. The highest BCUT2D eigenvalue weighted by atomic mass is 32.2. The maximum Gasteiger partial charge on any atom is 0.148 e. The highest BCUT2D eigenvalue weighted by Gasteiger charge is 2.07. The van der Waals surface area contributed by atoms with E-state index in [0.717, 1.165) is 24.3 Å².